The number of fused-ring (bicyclic) bond motifs is 3. The molecule has 0 aliphatic carbocycles. The van der Waals surface area contributed by atoms with Crippen LogP contribution >= 0.6 is 11.3 Å². The van der Waals surface area contributed by atoms with Crippen LogP contribution in [-0.2, 0) is 11.3 Å². The molecule has 0 spiro atoms. The number of nitrogens with one attached hydrogen (secondary N) is 1. The number of thiophene rings is 1. The highest BCUT2D eigenvalue weighted by Gasteiger charge is 2.33. The van der Waals surface area contributed by atoms with Crippen molar-refractivity contribution in [2.45, 2.75) is 44.9 Å². The molecule has 140 valence electrons. The van der Waals surface area contributed by atoms with Gasteiger partial charge in [0, 0.05) is 32.3 Å². The Kier molecular flexibility index (Phi) is 4.81. The molecule has 2 fully saturated rings. The SMILES string of the molecule is COCc1nc(OC)c2c(C)c(C(=O)N3CCC4CCC(C3)N4)sc2n1. The normalized spacial score (nSPS) is 22.7. The molecule has 4 rings (SSSR count). The third-order valence-corrected chi connectivity index (χ3v) is 6.45. The lowest BCUT2D eigenvalue weighted by Gasteiger charge is -2.24. The van der Waals surface area contributed by atoms with E-state index in [9.17, 15) is 4.79 Å². The predicted octanol–water partition coefficient (Wildman–Crippen LogP) is 2.12. The van der Waals surface area contributed by atoms with Gasteiger partial charge in [-0.1, -0.05) is 0 Å². The fourth-order valence-corrected chi connectivity index (χ4v) is 5.12. The van der Waals surface area contributed by atoms with E-state index in [-0.39, 0.29) is 5.91 Å². The van der Waals surface area contributed by atoms with Crippen LogP contribution in [-0.4, -0.2) is 60.2 Å². The van der Waals surface area contributed by atoms with Crippen molar-refractivity contribution in [2.75, 3.05) is 27.3 Å². The average molecular weight is 376 g/mol. The molecule has 8 heteroatoms. The summed E-state index contributed by atoms with van der Waals surface area (Å²) in [6.07, 6.45) is 3.40. The maximum atomic E-state index is 13.2. The molecule has 2 bridgehead atoms. The van der Waals surface area contributed by atoms with Gasteiger partial charge in [0.05, 0.1) is 17.4 Å². The molecule has 1 N–H and O–H groups in total. The molecule has 2 unspecified atom stereocenters. The smallest absolute Gasteiger partial charge is 0.264 e. The molecule has 2 aromatic rings. The summed E-state index contributed by atoms with van der Waals surface area (Å²) in [4.78, 5) is 25.7. The summed E-state index contributed by atoms with van der Waals surface area (Å²) in [5.41, 5.74) is 0.901. The highest BCUT2D eigenvalue weighted by Crippen LogP contribution is 2.36. The van der Waals surface area contributed by atoms with Gasteiger partial charge in [-0.3, -0.25) is 4.79 Å². The van der Waals surface area contributed by atoms with Crippen LogP contribution in [0.15, 0.2) is 0 Å². The van der Waals surface area contributed by atoms with E-state index in [1.165, 1.54) is 17.8 Å². The molecule has 2 saturated heterocycles. The number of amides is 1. The lowest BCUT2D eigenvalue weighted by Crippen LogP contribution is -2.38. The predicted molar refractivity (Wildman–Crippen MR) is 99.9 cm³/mol. The van der Waals surface area contributed by atoms with Gasteiger partial charge in [-0.25, -0.2) is 4.98 Å². The van der Waals surface area contributed by atoms with Gasteiger partial charge in [-0.15, -0.1) is 11.3 Å². The van der Waals surface area contributed by atoms with Gasteiger partial charge < -0.3 is 19.7 Å². The van der Waals surface area contributed by atoms with E-state index < -0.39 is 0 Å². The molecule has 7 nitrogen and oxygen atoms in total. The van der Waals surface area contributed by atoms with E-state index >= 15 is 0 Å². The number of methoxy groups -OCH3 is 2. The highest BCUT2D eigenvalue weighted by atomic mass is 32.1. The van der Waals surface area contributed by atoms with Gasteiger partial charge in [0.1, 0.15) is 11.4 Å². The Hall–Kier alpha value is -1.77. The Morgan fingerprint density at radius 2 is 2.08 bits per heavy atom. The first-order valence-electron chi connectivity index (χ1n) is 8.99. The number of aryl methyl sites for hydroxylation is 1. The summed E-state index contributed by atoms with van der Waals surface area (Å²) in [5.74, 6) is 1.16. The van der Waals surface area contributed by atoms with Crippen molar-refractivity contribution in [1.29, 1.82) is 0 Å². The largest absolute Gasteiger partial charge is 0.480 e. The maximum Gasteiger partial charge on any atom is 0.264 e. The molecular weight excluding hydrogens is 352 g/mol. The molecular formula is C18H24N4O3S. The van der Waals surface area contributed by atoms with E-state index in [1.54, 1.807) is 14.2 Å². The lowest BCUT2D eigenvalue weighted by molar-refractivity contribution is 0.0752. The fourth-order valence-electron chi connectivity index (χ4n) is 3.96. The first-order chi connectivity index (χ1) is 12.6. The quantitative estimate of drug-likeness (QED) is 0.881. The molecule has 26 heavy (non-hydrogen) atoms. The molecule has 2 aliphatic heterocycles. The zero-order valence-corrected chi connectivity index (χ0v) is 16.2. The van der Waals surface area contributed by atoms with Crippen molar-refractivity contribution in [2.24, 2.45) is 0 Å². The summed E-state index contributed by atoms with van der Waals surface area (Å²) < 4.78 is 10.6. The van der Waals surface area contributed by atoms with Crippen molar-refractivity contribution in [3.8, 4) is 5.88 Å². The van der Waals surface area contributed by atoms with Crippen LogP contribution in [0.1, 0.15) is 40.3 Å². The van der Waals surface area contributed by atoms with E-state index in [4.69, 9.17) is 9.47 Å². The number of nitrogens with zero attached hydrogens (tertiary/aromatic N) is 3. The van der Waals surface area contributed by atoms with Gasteiger partial charge in [0.15, 0.2) is 5.82 Å². The van der Waals surface area contributed by atoms with Crippen LogP contribution in [0.3, 0.4) is 0 Å². The van der Waals surface area contributed by atoms with Gasteiger partial charge in [-0.05, 0) is 31.7 Å². The Bertz CT molecular complexity index is 837. The monoisotopic (exact) mass is 376 g/mol. The van der Waals surface area contributed by atoms with Crippen molar-refractivity contribution in [1.82, 2.24) is 20.2 Å². The Labute approximate surface area is 156 Å². The number of aromatic nitrogens is 2. The zero-order chi connectivity index (χ0) is 18.3. The molecule has 2 aliphatic rings. The topological polar surface area (TPSA) is 76.6 Å². The van der Waals surface area contributed by atoms with Crippen molar-refractivity contribution >= 4 is 27.5 Å². The minimum absolute atomic E-state index is 0.0928. The number of rotatable bonds is 4. The lowest BCUT2D eigenvalue weighted by atomic mass is 10.1. The van der Waals surface area contributed by atoms with Crippen LogP contribution in [0.5, 0.6) is 5.88 Å². The standard InChI is InChI=1S/C18H24N4O3S/c1-10-14-16(25-3)20-13(9-24-2)21-17(14)26-15(10)18(23)22-7-6-11-4-5-12(8-22)19-11/h11-12,19H,4-9H2,1-3H3. The summed E-state index contributed by atoms with van der Waals surface area (Å²) in [6.45, 7) is 3.85. The molecule has 4 heterocycles. The molecule has 0 saturated carbocycles. The third kappa shape index (κ3) is 3.06. The summed E-state index contributed by atoms with van der Waals surface area (Å²) in [7, 11) is 3.20. The van der Waals surface area contributed by atoms with Gasteiger partial charge >= 0.3 is 0 Å². The first-order valence-corrected chi connectivity index (χ1v) is 9.80. The minimum atomic E-state index is 0.0928. The molecule has 2 aromatic heterocycles. The van der Waals surface area contributed by atoms with Crippen molar-refractivity contribution in [3.63, 3.8) is 0 Å². The number of likely N-dealkylation sites (tertiary alicyclic amines) is 1. The Balaban J connectivity index is 1.69. The maximum absolute atomic E-state index is 13.2. The Morgan fingerprint density at radius 3 is 2.85 bits per heavy atom. The molecule has 2 atom stereocenters. The molecule has 0 radical (unpaired) electrons. The van der Waals surface area contributed by atoms with E-state index in [1.807, 2.05) is 11.8 Å². The van der Waals surface area contributed by atoms with Gasteiger partial charge in [0.25, 0.3) is 5.91 Å². The van der Waals surface area contributed by atoms with E-state index in [2.05, 4.69) is 15.3 Å². The molecule has 0 aromatic carbocycles. The number of ether oxygens (including phenoxy) is 2. The Morgan fingerprint density at radius 1 is 1.27 bits per heavy atom. The number of carbonyl (C=O) groups excluding carboxylic acids is 1. The molecule has 1 amide bonds. The number of carbonyl (C=O) groups is 1. The van der Waals surface area contributed by atoms with E-state index in [0.29, 0.717) is 30.4 Å². The van der Waals surface area contributed by atoms with Crippen LogP contribution in [0.25, 0.3) is 10.2 Å². The third-order valence-electron chi connectivity index (χ3n) is 5.27. The van der Waals surface area contributed by atoms with Gasteiger partial charge in [-0.2, -0.15) is 4.98 Å². The second kappa shape index (κ2) is 7.09. The van der Waals surface area contributed by atoms with Crippen LogP contribution in [0, 0.1) is 6.92 Å². The number of hydrogen-bond acceptors (Lipinski definition) is 7. The van der Waals surface area contributed by atoms with Crippen molar-refractivity contribution in [3.05, 3.63) is 16.3 Å². The van der Waals surface area contributed by atoms with Gasteiger partial charge in [0.2, 0.25) is 5.88 Å². The first kappa shape index (κ1) is 17.6. The number of hydrogen-bond donors (Lipinski definition) is 1. The second-order valence-corrected chi connectivity index (χ2v) is 8.00. The summed E-state index contributed by atoms with van der Waals surface area (Å²) in [5, 5.41) is 4.45. The van der Waals surface area contributed by atoms with Crippen LogP contribution in [0.4, 0.5) is 0 Å². The summed E-state index contributed by atoms with van der Waals surface area (Å²) >= 11 is 1.42. The zero-order valence-electron chi connectivity index (χ0n) is 15.4. The van der Waals surface area contributed by atoms with Crippen LogP contribution < -0.4 is 10.1 Å². The average Bonchev–Trinajstić information content (AvgIpc) is 3.13. The van der Waals surface area contributed by atoms with Crippen molar-refractivity contribution < 1.29 is 14.3 Å². The summed E-state index contributed by atoms with van der Waals surface area (Å²) in [6, 6.07) is 0.979. The van der Waals surface area contributed by atoms with Crippen LogP contribution in [0.2, 0.25) is 0 Å². The minimum Gasteiger partial charge on any atom is -0.480 e. The van der Waals surface area contributed by atoms with E-state index in [0.717, 1.165) is 46.6 Å². The highest BCUT2D eigenvalue weighted by molar-refractivity contribution is 7.20. The fraction of sp³-hybridized carbons (Fsp3) is 0.611. The second-order valence-electron chi connectivity index (χ2n) is 7.00.